The molecule has 0 spiro atoms. The Balaban J connectivity index is 1.90. The molecule has 1 saturated heterocycles. The normalized spacial score (nSPS) is 22.5. The van der Waals surface area contributed by atoms with Crippen LogP contribution in [0.3, 0.4) is 0 Å². The van der Waals surface area contributed by atoms with Crippen molar-refractivity contribution in [2.24, 2.45) is 4.99 Å². The van der Waals surface area contributed by atoms with Crippen molar-refractivity contribution in [3.63, 3.8) is 0 Å². The van der Waals surface area contributed by atoms with Gasteiger partial charge in [-0.05, 0) is 43.9 Å². The molecule has 6 nitrogen and oxygen atoms in total. The molecule has 0 bridgehead atoms. The van der Waals surface area contributed by atoms with E-state index >= 15 is 0 Å². The van der Waals surface area contributed by atoms with Gasteiger partial charge in [0.05, 0.1) is 6.04 Å². The molecule has 2 N–H and O–H groups in total. The third-order valence-corrected chi connectivity index (χ3v) is 7.23. The molecule has 1 heterocycles. The van der Waals surface area contributed by atoms with Gasteiger partial charge in [-0.1, -0.05) is 60.1 Å². The lowest BCUT2D eigenvalue weighted by Crippen LogP contribution is -2.59. The Kier molecular flexibility index (Phi) is 6.51. The van der Waals surface area contributed by atoms with Gasteiger partial charge < -0.3 is 9.84 Å². The number of aliphatic hydroxyl groups is 1. The van der Waals surface area contributed by atoms with Gasteiger partial charge in [0.25, 0.3) is 6.02 Å². The Morgan fingerprint density at radius 3 is 2.45 bits per heavy atom. The molecule has 8 heteroatoms. The van der Waals surface area contributed by atoms with E-state index in [1.54, 1.807) is 32.0 Å². The predicted octanol–water partition coefficient (Wildman–Crippen LogP) is 3.46. The van der Waals surface area contributed by atoms with Gasteiger partial charge >= 0.3 is 0 Å². The first kappa shape index (κ1) is 21.6. The summed E-state index contributed by atoms with van der Waals surface area (Å²) in [6.07, 6.45) is 0.604. The van der Waals surface area contributed by atoms with E-state index in [4.69, 9.17) is 16.3 Å². The molecule has 2 atom stereocenters. The van der Waals surface area contributed by atoms with Crippen LogP contribution in [0.5, 0.6) is 0 Å². The van der Waals surface area contributed by atoms with Crippen molar-refractivity contribution < 1.29 is 18.3 Å². The molecule has 1 aliphatic heterocycles. The highest BCUT2D eigenvalue weighted by molar-refractivity contribution is 7.90. The molecule has 156 valence electrons. The summed E-state index contributed by atoms with van der Waals surface area (Å²) in [5, 5.41) is 9.15. The number of halogens is 1. The number of aliphatic hydroxyl groups excluding tert-OH is 1. The van der Waals surface area contributed by atoms with Crippen molar-refractivity contribution in [1.82, 2.24) is 4.72 Å². The molecular weight excluding hydrogens is 412 g/mol. The van der Waals surface area contributed by atoms with Gasteiger partial charge in [-0.3, -0.25) is 0 Å². The van der Waals surface area contributed by atoms with Crippen molar-refractivity contribution in [2.45, 2.75) is 43.6 Å². The van der Waals surface area contributed by atoms with Gasteiger partial charge in [-0.2, -0.15) is 0 Å². The SMILES string of the molecule is CC1(C)OC(=NC(CCO)c2ccccc2Cl)NS(=O)(=O)C1Cc1ccccc1. The lowest BCUT2D eigenvalue weighted by Gasteiger charge is -2.39. The van der Waals surface area contributed by atoms with Crippen molar-refractivity contribution in [3.8, 4) is 0 Å². The summed E-state index contributed by atoms with van der Waals surface area (Å²) in [5.74, 6) is 0. The number of nitrogens with zero attached hydrogens (tertiary/aromatic N) is 1. The van der Waals surface area contributed by atoms with E-state index in [1.165, 1.54) is 0 Å². The smallest absolute Gasteiger partial charge is 0.299 e. The number of nitrogens with one attached hydrogen (secondary N) is 1. The summed E-state index contributed by atoms with van der Waals surface area (Å²) in [6.45, 7) is 3.36. The van der Waals surface area contributed by atoms with Gasteiger partial charge in [0, 0.05) is 11.6 Å². The average molecular weight is 437 g/mol. The zero-order valence-corrected chi connectivity index (χ0v) is 17.9. The molecule has 2 aromatic rings. The number of aliphatic imine (C=N–C) groups is 1. The molecule has 3 rings (SSSR count). The van der Waals surface area contributed by atoms with Crippen LogP contribution in [0.4, 0.5) is 0 Å². The second-order valence-corrected chi connectivity index (χ2v) is 9.79. The van der Waals surface area contributed by atoms with E-state index in [-0.39, 0.29) is 19.0 Å². The first-order chi connectivity index (χ1) is 13.7. The zero-order valence-electron chi connectivity index (χ0n) is 16.4. The minimum atomic E-state index is -3.73. The summed E-state index contributed by atoms with van der Waals surface area (Å²) in [4.78, 5) is 4.45. The van der Waals surface area contributed by atoms with Gasteiger partial charge in [0.2, 0.25) is 10.0 Å². The largest absolute Gasteiger partial charge is 0.457 e. The van der Waals surface area contributed by atoms with Crippen LogP contribution in [0.1, 0.15) is 37.4 Å². The van der Waals surface area contributed by atoms with E-state index in [0.29, 0.717) is 17.0 Å². The Hall–Kier alpha value is -2.09. The summed E-state index contributed by atoms with van der Waals surface area (Å²) in [7, 11) is -3.73. The van der Waals surface area contributed by atoms with E-state index in [0.717, 1.165) is 5.56 Å². The summed E-state index contributed by atoms with van der Waals surface area (Å²) >= 11 is 6.27. The Labute approximate surface area is 176 Å². The molecule has 0 aliphatic carbocycles. The van der Waals surface area contributed by atoms with Crippen LogP contribution in [0.2, 0.25) is 5.02 Å². The first-order valence-electron chi connectivity index (χ1n) is 9.40. The average Bonchev–Trinajstić information content (AvgIpc) is 2.65. The summed E-state index contributed by atoms with van der Waals surface area (Å²) in [5.41, 5.74) is 0.611. The molecule has 0 saturated carbocycles. The minimum absolute atomic E-state index is 0.0855. The third-order valence-electron chi connectivity index (χ3n) is 4.94. The minimum Gasteiger partial charge on any atom is -0.457 e. The fourth-order valence-corrected chi connectivity index (χ4v) is 5.39. The highest BCUT2D eigenvalue weighted by Gasteiger charge is 2.47. The van der Waals surface area contributed by atoms with Crippen molar-refractivity contribution in [3.05, 3.63) is 70.7 Å². The lowest BCUT2D eigenvalue weighted by molar-refractivity contribution is 0.0759. The number of hydrogen-bond donors (Lipinski definition) is 2. The standard InChI is InChI=1S/C21H25ClN2O4S/c1-21(2)19(14-15-8-4-3-5-9-15)29(26,27)24-20(28-21)23-18(12-13-25)16-10-6-7-11-17(16)22/h3-11,18-19,25H,12-14H2,1-2H3,(H,23,24). The van der Waals surface area contributed by atoms with Crippen LogP contribution in [0, 0.1) is 0 Å². The van der Waals surface area contributed by atoms with Gasteiger partial charge in [-0.25, -0.2) is 18.1 Å². The zero-order chi connectivity index (χ0) is 21.1. The van der Waals surface area contributed by atoms with Crippen LogP contribution in [0.15, 0.2) is 59.6 Å². The first-order valence-corrected chi connectivity index (χ1v) is 11.3. The number of hydrogen-bond acceptors (Lipinski definition) is 5. The second-order valence-electron chi connectivity index (χ2n) is 7.51. The molecule has 0 radical (unpaired) electrons. The van der Waals surface area contributed by atoms with Crippen molar-refractivity contribution >= 4 is 27.6 Å². The molecule has 1 aliphatic rings. The maximum atomic E-state index is 13.0. The topological polar surface area (TPSA) is 88.0 Å². The van der Waals surface area contributed by atoms with E-state index < -0.39 is 26.9 Å². The molecule has 2 unspecified atom stereocenters. The lowest BCUT2D eigenvalue weighted by atomic mass is 9.97. The van der Waals surface area contributed by atoms with E-state index in [2.05, 4.69) is 9.71 Å². The van der Waals surface area contributed by atoms with Gasteiger partial charge in [0.15, 0.2) is 0 Å². The molecule has 2 aromatic carbocycles. The number of benzene rings is 2. The van der Waals surface area contributed by atoms with Crippen LogP contribution in [-0.4, -0.2) is 37.0 Å². The Morgan fingerprint density at radius 2 is 1.83 bits per heavy atom. The van der Waals surface area contributed by atoms with Crippen LogP contribution < -0.4 is 4.72 Å². The number of amidine groups is 1. The molecule has 29 heavy (non-hydrogen) atoms. The van der Waals surface area contributed by atoms with Crippen LogP contribution >= 0.6 is 11.6 Å². The van der Waals surface area contributed by atoms with Gasteiger partial charge in [0.1, 0.15) is 10.9 Å². The van der Waals surface area contributed by atoms with Gasteiger partial charge in [-0.15, -0.1) is 0 Å². The number of sulfonamides is 1. The van der Waals surface area contributed by atoms with E-state index in [1.807, 2.05) is 36.4 Å². The van der Waals surface area contributed by atoms with Crippen molar-refractivity contribution in [2.75, 3.05) is 6.61 Å². The van der Waals surface area contributed by atoms with Crippen molar-refractivity contribution in [1.29, 1.82) is 0 Å². The van der Waals surface area contributed by atoms with Crippen LogP contribution in [0.25, 0.3) is 0 Å². The monoisotopic (exact) mass is 436 g/mol. The highest BCUT2D eigenvalue weighted by Crippen LogP contribution is 2.32. The maximum absolute atomic E-state index is 13.0. The second kappa shape index (κ2) is 8.73. The maximum Gasteiger partial charge on any atom is 0.299 e. The number of ether oxygens (including phenoxy) is 1. The quantitative estimate of drug-likeness (QED) is 0.725. The fraction of sp³-hybridized carbons (Fsp3) is 0.381. The summed E-state index contributed by atoms with van der Waals surface area (Å²) < 4.78 is 34.5. The molecule has 0 amide bonds. The molecule has 0 aromatic heterocycles. The Bertz CT molecular complexity index is 977. The van der Waals surface area contributed by atoms with E-state index in [9.17, 15) is 13.5 Å². The Morgan fingerprint density at radius 1 is 1.17 bits per heavy atom. The highest BCUT2D eigenvalue weighted by atomic mass is 35.5. The third kappa shape index (κ3) is 5.10. The number of rotatable bonds is 6. The predicted molar refractivity (Wildman–Crippen MR) is 114 cm³/mol. The van der Waals surface area contributed by atoms with Crippen LogP contribution in [-0.2, 0) is 21.2 Å². The molecule has 1 fully saturated rings. The summed E-state index contributed by atoms with van der Waals surface area (Å²) in [6, 6.07) is 16.0. The molecular formula is C21H25ClN2O4S. The fourth-order valence-electron chi connectivity index (χ4n) is 3.44.